The minimum absolute atomic E-state index is 0.170. The Hall–Kier alpha value is -1.29. The molecule has 2 N–H and O–H groups in total. The smallest absolute Gasteiger partial charge is 0.321 e. The summed E-state index contributed by atoms with van der Waals surface area (Å²) in [4.78, 5) is 18.1. The van der Waals surface area contributed by atoms with Gasteiger partial charge < -0.3 is 9.79 Å². The molecule has 0 fully saturated rings. The Morgan fingerprint density at radius 3 is 2.29 bits per heavy atom. The minimum atomic E-state index is -4.69. The average Bonchev–Trinajstić information content (AvgIpc) is 2.26. The SMILES string of the molecule is O=P(O)(O)c1ccc2ccccc2c1C(F)F. The van der Waals surface area contributed by atoms with Gasteiger partial charge in [-0.1, -0.05) is 30.3 Å². The van der Waals surface area contributed by atoms with Crippen LogP contribution in [0.2, 0.25) is 0 Å². The Kier molecular flexibility index (Phi) is 3.00. The van der Waals surface area contributed by atoms with E-state index in [-0.39, 0.29) is 5.39 Å². The van der Waals surface area contributed by atoms with Gasteiger partial charge in [-0.05, 0) is 16.8 Å². The Bertz CT molecular complexity index is 607. The Labute approximate surface area is 95.9 Å². The van der Waals surface area contributed by atoms with E-state index in [2.05, 4.69) is 0 Å². The summed E-state index contributed by atoms with van der Waals surface area (Å²) in [6.45, 7) is 0. The Morgan fingerprint density at radius 1 is 1.06 bits per heavy atom. The van der Waals surface area contributed by atoms with Crippen molar-refractivity contribution in [1.29, 1.82) is 0 Å². The molecule has 0 aliphatic heterocycles. The summed E-state index contributed by atoms with van der Waals surface area (Å²) < 4.78 is 37.1. The van der Waals surface area contributed by atoms with Gasteiger partial charge in [-0.3, -0.25) is 4.57 Å². The van der Waals surface area contributed by atoms with Gasteiger partial charge in [0.1, 0.15) is 0 Å². The van der Waals surface area contributed by atoms with Crippen molar-refractivity contribution in [3.05, 3.63) is 42.0 Å². The molecule has 0 saturated carbocycles. The maximum Gasteiger partial charge on any atom is 0.356 e. The molecule has 0 bridgehead atoms. The van der Waals surface area contributed by atoms with E-state index < -0.39 is 24.9 Å². The van der Waals surface area contributed by atoms with Gasteiger partial charge in [-0.25, -0.2) is 8.78 Å². The van der Waals surface area contributed by atoms with Crippen molar-refractivity contribution in [2.75, 3.05) is 0 Å². The zero-order chi connectivity index (χ0) is 12.6. The zero-order valence-electron chi connectivity index (χ0n) is 8.55. The van der Waals surface area contributed by atoms with Gasteiger partial charge in [0.2, 0.25) is 0 Å². The highest BCUT2D eigenvalue weighted by molar-refractivity contribution is 7.60. The molecule has 0 aromatic heterocycles. The van der Waals surface area contributed by atoms with Crippen molar-refractivity contribution in [2.45, 2.75) is 6.43 Å². The van der Waals surface area contributed by atoms with Crippen LogP contribution in [0, 0.1) is 0 Å². The molecule has 0 radical (unpaired) electrons. The van der Waals surface area contributed by atoms with Crippen molar-refractivity contribution >= 4 is 23.7 Å². The summed E-state index contributed by atoms with van der Waals surface area (Å²) in [5, 5.41) is 0.0922. The lowest BCUT2D eigenvalue weighted by Crippen LogP contribution is -2.12. The van der Waals surface area contributed by atoms with Crippen LogP contribution in [-0.2, 0) is 4.57 Å². The highest BCUT2D eigenvalue weighted by Gasteiger charge is 2.27. The molecule has 0 spiro atoms. The molecule has 0 atom stereocenters. The first-order valence-electron chi connectivity index (χ1n) is 4.77. The van der Waals surface area contributed by atoms with E-state index >= 15 is 0 Å². The van der Waals surface area contributed by atoms with Gasteiger partial charge >= 0.3 is 7.60 Å². The molecule has 3 nitrogen and oxygen atoms in total. The molecule has 0 aliphatic rings. The van der Waals surface area contributed by atoms with Crippen molar-refractivity contribution in [2.24, 2.45) is 0 Å². The topological polar surface area (TPSA) is 57.5 Å². The quantitative estimate of drug-likeness (QED) is 0.814. The standard InChI is InChI=1S/C11H9F2O3P/c12-11(13)10-8-4-2-1-3-7(8)5-6-9(10)17(14,15)16/h1-6,11H,(H2,14,15,16). The summed E-state index contributed by atoms with van der Waals surface area (Å²) >= 11 is 0. The van der Waals surface area contributed by atoms with Gasteiger partial charge in [0.15, 0.2) is 0 Å². The molecule has 0 amide bonds. The van der Waals surface area contributed by atoms with Crippen LogP contribution < -0.4 is 5.30 Å². The molecule has 0 saturated heterocycles. The molecule has 0 aliphatic carbocycles. The molecule has 2 rings (SSSR count). The van der Waals surface area contributed by atoms with Crippen molar-refractivity contribution in [3.8, 4) is 0 Å². The van der Waals surface area contributed by atoms with Crippen molar-refractivity contribution < 1.29 is 23.1 Å². The fourth-order valence-corrected chi connectivity index (χ4v) is 2.57. The molecule has 2 aromatic rings. The molecular formula is C11H9F2O3P. The number of alkyl halides is 2. The Morgan fingerprint density at radius 2 is 1.71 bits per heavy atom. The van der Waals surface area contributed by atoms with Crippen LogP contribution in [0.4, 0.5) is 8.78 Å². The van der Waals surface area contributed by atoms with E-state index in [1.54, 1.807) is 18.2 Å². The van der Waals surface area contributed by atoms with Crippen LogP contribution in [0.25, 0.3) is 10.8 Å². The predicted octanol–water partition coefficient (Wildman–Crippen LogP) is 2.58. The van der Waals surface area contributed by atoms with Gasteiger partial charge in [-0.2, -0.15) is 0 Å². The van der Waals surface area contributed by atoms with Gasteiger partial charge in [0.25, 0.3) is 6.43 Å². The monoisotopic (exact) mass is 258 g/mol. The fraction of sp³-hybridized carbons (Fsp3) is 0.0909. The maximum absolute atomic E-state index is 12.9. The molecule has 0 heterocycles. The summed E-state index contributed by atoms with van der Waals surface area (Å²) in [6.07, 6.45) is -2.93. The third-order valence-corrected chi connectivity index (χ3v) is 3.50. The van der Waals surface area contributed by atoms with Crippen LogP contribution in [0.3, 0.4) is 0 Å². The van der Waals surface area contributed by atoms with E-state index in [9.17, 15) is 13.3 Å². The second-order valence-corrected chi connectivity index (χ2v) is 5.13. The third kappa shape index (κ3) is 2.22. The van der Waals surface area contributed by atoms with Crippen LogP contribution >= 0.6 is 7.60 Å². The Balaban J connectivity index is 2.87. The van der Waals surface area contributed by atoms with Gasteiger partial charge in [0.05, 0.1) is 5.30 Å². The normalized spacial score (nSPS) is 12.3. The summed E-state index contributed by atoms with van der Waals surface area (Å²) in [5.41, 5.74) is -0.587. The minimum Gasteiger partial charge on any atom is -0.321 e. The lowest BCUT2D eigenvalue weighted by atomic mass is 10.1. The van der Waals surface area contributed by atoms with Crippen LogP contribution in [-0.4, -0.2) is 9.79 Å². The summed E-state index contributed by atoms with van der Waals surface area (Å²) in [6, 6.07) is 8.76. The number of benzene rings is 2. The first kappa shape index (κ1) is 12.2. The lowest BCUT2D eigenvalue weighted by Gasteiger charge is -2.13. The average molecular weight is 258 g/mol. The second-order valence-electron chi connectivity index (χ2n) is 3.56. The largest absolute Gasteiger partial charge is 0.356 e. The van der Waals surface area contributed by atoms with Gasteiger partial charge in [0, 0.05) is 5.56 Å². The number of fused-ring (bicyclic) bond motifs is 1. The zero-order valence-corrected chi connectivity index (χ0v) is 9.44. The van der Waals surface area contributed by atoms with Crippen LogP contribution in [0.15, 0.2) is 36.4 Å². The molecule has 6 heteroatoms. The molecule has 90 valence electrons. The van der Waals surface area contributed by atoms with E-state index in [1.807, 2.05) is 0 Å². The molecule has 17 heavy (non-hydrogen) atoms. The van der Waals surface area contributed by atoms with E-state index in [1.165, 1.54) is 12.1 Å². The molecule has 0 unspecified atom stereocenters. The van der Waals surface area contributed by atoms with Crippen LogP contribution in [0.1, 0.15) is 12.0 Å². The van der Waals surface area contributed by atoms with Gasteiger partial charge in [-0.15, -0.1) is 0 Å². The predicted molar refractivity (Wildman–Crippen MR) is 60.6 cm³/mol. The first-order chi connectivity index (χ1) is 7.91. The van der Waals surface area contributed by atoms with E-state index in [4.69, 9.17) is 9.79 Å². The lowest BCUT2D eigenvalue weighted by molar-refractivity contribution is 0.154. The highest BCUT2D eigenvalue weighted by atomic mass is 31.2. The molecule has 2 aromatic carbocycles. The molecular weight excluding hydrogens is 249 g/mol. The number of rotatable bonds is 2. The van der Waals surface area contributed by atoms with Crippen LogP contribution in [0.5, 0.6) is 0 Å². The van der Waals surface area contributed by atoms with E-state index in [0.29, 0.717) is 5.39 Å². The van der Waals surface area contributed by atoms with Crippen molar-refractivity contribution in [1.82, 2.24) is 0 Å². The fourth-order valence-electron chi connectivity index (χ4n) is 1.77. The number of hydrogen-bond donors (Lipinski definition) is 2. The number of hydrogen-bond acceptors (Lipinski definition) is 1. The maximum atomic E-state index is 12.9. The second kappa shape index (κ2) is 4.18. The van der Waals surface area contributed by atoms with E-state index in [0.717, 1.165) is 6.07 Å². The first-order valence-corrected chi connectivity index (χ1v) is 6.38. The highest BCUT2D eigenvalue weighted by Crippen LogP contribution is 2.39. The number of halogens is 2. The summed E-state index contributed by atoms with van der Waals surface area (Å²) in [7, 11) is -4.69. The van der Waals surface area contributed by atoms with Crippen molar-refractivity contribution in [3.63, 3.8) is 0 Å². The summed E-state index contributed by atoms with van der Waals surface area (Å²) in [5.74, 6) is 0. The third-order valence-electron chi connectivity index (χ3n) is 2.48.